The number of hydrogen-bond donors (Lipinski definition) is 2. The van der Waals surface area contributed by atoms with Crippen molar-refractivity contribution in [3.63, 3.8) is 0 Å². The van der Waals surface area contributed by atoms with Gasteiger partial charge in [-0.05, 0) is 48.7 Å². The number of hydrogen-bond acceptors (Lipinski definition) is 7. The van der Waals surface area contributed by atoms with Crippen molar-refractivity contribution < 1.29 is 17.9 Å². The Balaban J connectivity index is 1.75. The number of methoxy groups -OCH3 is 1. The van der Waals surface area contributed by atoms with E-state index in [0.717, 1.165) is 4.90 Å². The maximum Gasteiger partial charge on any atom is 0.263 e. The van der Waals surface area contributed by atoms with Gasteiger partial charge in [0, 0.05) is 22.2 Å². The lowest BCUT2D eigenvalue weighted by Gasteiger charge is -2.11. The molecule has 1 heterocycles. The molecule has 0 unspecified atom stereocenters. The van der Waals surface area contributed by atoms with Gasteiger partial charge < -0.3 is 10.1 Å². The Morgan fingerprint density at radius 1 is 1.18 bits per heavy atom. The van der Waals surface area contributed by atoms with Gasteiger partial charge in [0.25, 0.3) is 15.9 Å². The normalized spacial score (nSPS) is 11.1. The summed E-state index contributed by atoms with van der Waals surface area (Å²) in [6, 6.07) is 11.2. The highest BCUT2D eigenvalue weighted by Gasteiger charge is 2.17. The molecule has 10 heteroatoms. The topological polar surface area (TPSA) is 97.4 Å². The molecular weight excluding hydrogens is 418 g/mol. The molecule has 146 valence electrons. The zero-order chi connectivity index (χ0) is 20.1. The SMILES string of the molecule is COc1cc(SC)ccc1C(=O)Nc1ccc(S(=O)(=O)Nc2nccs2)cc1. The van der Waals surface area contributed by atoms with Crippen molar-refractivity contribution in [2.24, 2.45) is 0 Å². The third-order valence-corrected chi connectivity index (χ3v) is 6.63. The van der Waals surface area contributed by atoms with Crippen molar-refractivity contribution in [3.05, 3.63) is 59.6 Å². The first kappa shape index (κ1) is 20.2. The van der Waals surface area contributed by atoms with Crippen LogP contribution in [0.25, 0.3) is 0 Å². The van der Waals surface area contributed by atoms with E-state index in [-0.39, 0.29) is 15.9 Å². The summed E-state index contributed by atoms with van der Waals surface area (Å²) in [6.45, 7) is 0. The number of anilines is 2. The zero-order valence-corrected chi connectivity index (χ0v) is 17.5. The lowest BCUT2D eigenvalue weighted by molar-refractivity contribution is 0.102. The Morgan fingerprint density at radius 2 is 1.93 bits per heavy atom. The van der Waals surface area contributed by atoms with Gasteiger partial charge in [-0.2, -0.15) is 0 Å². The monoisotopic (exact) mass is 435 g/mol. The van der Waals surface area contributed by atoms with Gasteiger partial charge in [-0.25, -0.2) is 13.4 Å². The van der Waals surface area contributed by atoms with E-state index in [1.807, 2.05) is 12.3 Å². The van der Waals surface area contributed by atoms with E-state index in [4.69, 9.17) is 4.74 Å². The third kappa shape index (κ3) is 4.64. The Morgan fingerprint density at radius 3 is 2.54 bits per heavy atom. The number of aromatic nitrogens is 1. The maximum absolute atomic E-state index is 12.6. The van der Waals surface area contributed by atoms with Crippen LogP contribution in [0.2, 0.25) is 0 Å². The van der Waals surface area contributed by atoms with Crippen molar-refractivity contribution in [2.45, 2.75) is 9.79 Å². The average Bonchev–Trinajstić information content (AvgIpc) is 3.20. The first-order valence-corrected chi connectivity index (χ1v) is 11.6. The van der Waals surface area contributed by atoms with Crippen LogP contribution in [0.4, 0.5) is 10.8 Å². The predicted octanol–water partition coefficient (Wildman–Crippen LogP) is 3.93. The van der Waals surface area contributed by atoms with Gasteiger partial charge in [-0.3, -0.25) is 9.52 Å². The molecule has 0 aliphatic carbocycles. The Bertz CT molecular complexity index is 1070. The first-order valence-electron chi connectivity index (χ1n) is 7.98. The van der Waals surface area contributed by atoms with Crippen molar-refractivity contribution in [1.29, 1.82) is 0 Å². The van der Waals surface area contributed by atoms with Crippen molar-refractivity contribution in [2.75, 3.05) is 23.4 Å². The summed E-state index contributed by atoms with van der Waals surface area (Å²) < 4.78 is 32.4. The minimum Gasteiger partial charge on any atom is -0.496 e. The van der Waals surface area contributed by atoms with Crippen molar-refractivity contribution in [1.82, 2.24) is 4.98 Å². The summed E-state index contributed by atoms with van der Waals surface area (Å²) >= 11 is 2.74. The van der Waals surface area contributed by atoms with Crippen LogP contribution in [0.3, 0.4) is 0 Å². The summed E-state index contributed by atoms with van der Waals surface area (Å²) in [6.07, 6.45) is 3.45. The molecule has 0 aliphatic heterocycles. The molecule has 7 nitrogen and oxygen atoms in total. The van der Waals surface area contributed by atoms with Gasteiger partial charge in [0.1, 0.15) is 5.75 Å². The smallest absolute Gasteiger partial charge is 0.263 e. The highest BCUT2D eigenvalue weighted by Crippen LogP contribution is 2.26. The molecule has 3 rings (SSSR count). The molecule has 0 fully saturated rings. The maximum atomic E-state index is 12.6. The minimum atomic E-state index is -3.74. The second-order valence-corrected chi connectivity index (χ2v) is 8.94. The largest absolute Gasteiger partial charge is 0.496 e. The molecule has 2 N–H and O–H groups in total. The third-order valence-electron chi connectivity index (χ3n) is 3.73. The number of nitrogens with one attached hydrogen (secondary N) is 2. The predicted molar refractivity (Wildman–Crippen MR) is 112 cm³/mol. The molecule has 0 aliphatic rings. The van der Waals surface area contributed by atoms with E-state index < -0.39 is 10.0 Å². The summed E-state index contributed by atoms with van der Waals surface area (Å²) in [7, 11) is -2.23. The molecule has 0 atom stereocenters. The van der Waals surface area contributed by atoms with E-state index in [1.165, 1.54) is 48.9 Å². The van der Waals surface area contributed by atoms with Crippen LogP contribution in [0, 0.1) is 0 Å². The second kappa shape index (κ2) is 8.63. The highest BCUT2D eigenvalue weighted by molar-refractivity contribution is 7.98. The Labute approximate surface area is 171 Å². The molecule has 0 spiro atoms. The zero-order valence-electron chi connectivity index (χ0n) is 15.0. The Kier molecular flexibility index (Phi) is 6.22. The van der Waals surface area contributed by atoms with Crippen LogP contribution in [0.15, 0.2) is 63.8 Å². The van der Waals surface area contributed by atoms with Crippen LogP contribution in [-0.2, 0) is 10.0 Å². The first-order chi connectivity index (χ1) is 13.4. The number of ether oxygens (including phenoxy) is 1. The summed E-state index contributed by atoms with van der Waals surface area (Å²) in [5.41, 5.74) is 0.858. The van der Waals surface area contributed by atoms with Gasteiger partial charge in [0.15, 0.2) is 5.13 Å². The molecule has 28 heavy (non-hydrogen) atoms. The summed E-state index contributed by atoms with van der Waals surface area (Å²) in [5, 5.41) is 4.71. The van der Waals surface area contributed by atoms with E-state index in [9.17, 15) is 13.2 Å². The molecule has 0 saturated carbocycles. The molecule has 2 aromatic carbocycles. The summed E-state index contributed by atoms with van der Waals surface area (Å²) in [4.78, 5) is 17.5. The van der Waals surface area contributed by atoms with Crippen molar-refractivity contribution in [3.8, 4) is 5.75 Å². The van der Waals surface area contributed by atoms with Crippen LogP contribution < -0.4 is 14.8 Å². The quantitative estimate of drug-likeness (QED) is 0.546. The lowest BCUT2D eigenvalue weighted by atomic mass is 10.2. The van der Waals surface area contributed by atoms with Gasteiger partial charge in [0.05, 0.1) is 17.6 Å². The number of thioether (sulfide) groups is 1. The van der Waals surface area contributed by atoms with Crippen LogP contribution >= 0.6 is 23.1 Å². The number of amides is 1. The summed E-state index contributed by atoms with van der Waals surface area (Å²) in [5.74, 6) is 0.122. The molecule has 0 radical (unpaired) electrons. The number of carbonyl (C=O) groups excluding carboxylic acids is 1. The van der Waals surface area contributed by atoms with Gasteiger partial charge >= 0.3 is 0 Å². The number of rotatable bonds is 7. The van der Waals surface area contributed by atoms with E-state index >= 15 is 0 Å². The van der Waals surface area contributed by atoms with Crippen LogP contribution in [-0.4, -0.2) is 32.7 Å². The van der Waals surface area contributed by atoms with Gasteiger partial charge in [-0.1, -0.05) is 0 Å². The fourth-order valence-corrected chi connectivity index (χ4v) is 4.57. The Hall–Kier alpha value is -2.56. The molecule has 3 aromatic rings. The number of nitrogens with zero attached hydrogens (tertiary/aromatic N) is 1. The fraction of sp³-hybridized carbons (Fsp3) is 0.111. The van der Waals surface area contributed by atoms with Gasteiger partial charge in [-0.15, -0.1) is 23.1 Å². The van der Waals surface area contributed by atoms with E-state index in [0.29, 0.717) is 17.0 Å². The molecule has 1 aromatic heterocycles. The number of sulfonamides is 1. The van der Waals surface area contributed by atoms with Crippen LogP contribution in [0.1, 0.15) is 10.4 Å². The molecule has 1 amide bonds. The number of carbonyl (C=O) groups is 1. The van der Waals surface area contributed by atoms with E-state index in [2.05, 4.69) is 15.0 Å². The number of thiazole rings is 1. The second-order valence-electron chi connectivity index (χ2n) is 5.49. The average molecular weight is 436 g/mol. The molecule has 0 saturated heterocycles. The standard InChI is InChI=1S/C18H17N3O4S3/c1-25-16-11-13(26-2)5-8-15(16)17(22)20-12-3-6-14(7-4-12)28(23,24)21-18-19-9-10-27-18/h3-11H,1-2H3,(H,19,21)(H,20,22). The van der Waals surface area contributed by atoms with E-state index in [1.54, 1.807) is 29.3 Å². The fourth-order valence-electron chi connectivity index (χ4n) is 2.35. The van der Waals surface area contributed by atoms with Crippen molar-refractivity contribution >= 4 is 49.8 Å². The minimum absolute atomic E-state index is 0.0719. The molecule has 0 bridgehead atoms. The van der Waals surface area contributed by atoms with Gasteiger partial charge in [0.2, 0.25) is 0 Å². The lowest BCUT2D eigenvalue weighted by Crippen LogP contribution is -2.14. The van der Waals surface area contributed by atoms with Crippen LogP contribution in [0.5, 0.6) is 5.75 Å². The molecular formula is C18H17N3O4S3. The highest BCUT2D eigenvalue weighted by atomic mass is 32.2. The number of benzene rings is 2.